The lowest BCUT2D eigenvalue weighted by Crippen LogP contribution is -2.33. The van der Waals surface area contributed by atoms with Crippen molar-refractivity contribution in [3.8, 4) is 0 Å². The summed E-state index contributed by atoms with van der Waals surface area (Å²) in [5.41, 5.74) is 0.135. The van der Waals surface area contributed by atoms with E-state index in [0.717, 1.165) is 18.7 Å². The van der Waals surface area contributed by atoms with Crippen molar-refractivity contribution in [1.29, 1.82) is 0 Å². The third-order valence-electron chi connectivity index (χ3n) is 2.56. The van der Waals surface area contributed by atoms with E-state index < -0.39 is 0 Å². The molecule has 0 fully saturated rings. The summed E-state index contributed by atoms with van der Waals surface area (Å²) in [6.07, 6.45) is 3.85. The fourth-order valence-electron chi connectivity index (χ4n) is 1.10. The highest BCUT2D eigenvalue weighted by Gasteiger charge is 2.19. The Hall–Kier alpha value is -1.12. The van der Waals surface area contributed by atoms with Gasteiger partial charge in [0, 0.05) is 11.7 Å². The van der Waals surface area contributed by atoms with Crippen LogP contribution in [-0.2, 0) is 0 Å². The van der Waals surface area contributed by atoms with E-state index in [1.807, 2.05) is 12.1 Å². The molecule has 0 bridgehead atoms. The second-order valence-corrected chi connectivity index (χ2v) is 3.50. The van der Waals surface area contributed by atoms with Crippen LogP contribution in [0.15, 0.2) is 18.3 Å². The predicted molar refractivity (Wildman–Crippen MR) is 54.6 cm³/mol. The summed E-state index contributed by atoms with van der Waals surface area (Å²) in [5, 5.41) is 11.2. The van der Waals surface area contributed by atoms with Crippen molar-refractivity contribution in [2.45, 2.75) is 39.2 Å². The van der Waals surface area contributed by atoms with Gasteiger partial charge in [0.25, 0.3) is 0 Å². The van der Waals surface area contributed by atoms with Crippen molar-refractivity contribution in [1.82, 2.24) is 10.2 Å². The number of hydrogen-bond acceptors (Lipinski definition) is 3. The lowest BCUT2D eigenvalue weighted by molar-refractivity contribution is 0.476. The summed E-state index contributed by atoms with van der Waals surface area (Å²) in [6.45, 7) is 6.54. The van der Waals surface area contributed by atoms with Gasteiger partial charge < -0.3 is 5.32 Å². The van der Waals surface area contributed by atoms with Gasteiger partial charge in [-0.3, -0.25) is 0 Å². The third-order valence-corrected chi connectivity index (χ3v) is 2.56. The summed E-state index contributed by atoms with van der Waals surface area (Å²) in [6, 6.07) is 3.83. The van der Waals surface area contributed by atoms with E-state index in [0.29, 0.717) is 0 Å². The van der Waals surface area contributed by atoms with Crippen LogP contribution in [0.2, 0.25) is 0 Å². The minimum atomic E-state index is 0.135. The molecule has 0 aliphatic carbocycles. The normalized spacial score (nSPS) is 11.3. The average Bonchev–Trinajstić information content (AvgIpc) is 2.19. The molecule has 0 unspecified atom stereocenters. The van der Waals surface area contributed by atoms with Crippen molar-refractivity contribution in [3.63, 3.8) is 0 Å². The number of nitrogens with one attached hydrogen (secondary N) is 1. The fraction of sp³-hybridized carbons (Fsp3) is 0.600. The first-order valence-corrected chi connectivity index (χ1v) is 4.76. The summed E-state index contributed by atoms with van der Waals surface area (Å²) in [7, 11) is 0. The standard InChI is InChI=1S/C10H17N3/c1-4-10(3,5-2)12-9-7-6-8-11-13-9/h6-8H,4-5H2,1-3H3,(H,12,13). The van der Waals surface area contributed by atoms with Gasteiger partial charge in [-0.05, 0) is 31.9 Å². The molecule has 0 atom stereocenters. The maximum Gasteiger partial charge on any atom is 0.149 e. The summed E-state index contributed by atoms with van der Waals surface area (Å²) in [5.74, 6) is 0.855. The second kappa shape index (κ2) is 4.21. The Morgan fingerprint density at radius 3 is 2.54 bits per heavy atom. The second-order valence-electron chi connectivity index (χ2n) is 3.50. The molecule has 0 saturated heterocycles. The van der Waals surface area contributed by atoms with Gasteiger partial charge in [-0.2, -0.15) is 5.10 Å². The Kier molecular flexibility index (Phi) is 3.23. The molecule has 3 nitrogen and oxygen atoms in total. The minimum Gasteiger partial charge on any atom is -0.363 e. The Morgan fingerprint density at radius 1 is 1.38 bits per heavy atom. The van der Waals surface area contributed by atoms with Gasteiger partial charge in [0.1, 0.15) is 5.82 Å². The lowest BCUT2D eigenvalue weighted by Gasteiger charge is -2.28. The molecule has 1 heterocycles. The largest absolute Gasteiger partial charge is 0.363 e. The van der Waals surface area contributed by atoms with Crippen LogP contribution in [0.4, 0.5) is 5.82 Å². The van der Waals surface area contributed by atoms with E-state index in [-0.39, 0.29) is 5.54 Å². The van der Waals surface area contributed by atoms with E-state index in [1.165, 1.54) is 0 Å². The molecule has 1 N–H and O–H groups in total. The Labute approximate surface area is 79.6 Å². The SMILES string of the molecule is CCC(C)(CC)Nc1cccnn1. The van der Waals surface area contributed by atoms with Gasteiger partial charge in [-0.15, -0.1) is 5.10 Å². The van der Waals surface area contributed by atoms with Gasteiger partial charge in [0.15, 0.2) is 0 Å². The Bertz CT molecular complexity index is 242. The van der Waals surface area contributed by atoms with Crippen LogP contribution in [0, 0.1) is 0 Å². The molecular weight excluding hydrogens is 162 g/mol. The molecular formula is C10H17N3. The minimum absolute atomic E-state index is 0.135. The van der Waals surface area contributed by atoms with Crippen LogP contribution < -0.4 is 5.32 Å². The summed E-state index contributed by atoms with van der Waals surface area (Å²) >= 11 is 0. The van der Waals surface area contributed by atoms with E-state index in [1.54, 1.807) is 6.20 Å². The number of anilines is 1. The first kappa shape index (κ1) is 9.96. The molecule has 1 aromatic heterocycles. The zero-order valence-electron chi connectivity index (χ0n) is 8.54. The first-order valence-electron chi connectivity index (χ1n) is 4.76. The zero-order valence-corrected chi connectivity index (χ0v) is 8.54. The highest BCUT2D eigenvalue weighted by molar-refractivity contribution is 5.34. The Morgan fingerprint density at radius 2 is 2.08 bits per heavy atom. The van der Waals surface area contributed by atoms with Crippen molar-refractivity contribution in [3.05, 3.63) is 18.3 Å². The molecule has 72 valence electrons. The van der Waals surface area contributed by atoms with Crippen LogP contribution in [-0.4, -0.2) is 15.7 Å². The van der Waals surface area contributed by atoms with E-state index in [9.17, 15) is 0 Å². The fourth-order valence-corrected chi connectivity index (χ4v) is 1.10. The van der Waals surface area contributed by atoms with Crippen molar-refractivity contribution >= 4 is 5.82 Å². The number of nitrogens with zero attached hydrogens (tertiary/aromatic N) is 2. The Balaban J connectivity index is 2.68. The molecule has 13 heavy (non-hydrogen) atoms. The van der Waals surface area contributed by atoms with E-state index in [2.05, 4.69) is 36.3 Å². The zero-order chi connectivity index (χ0) is 9.73. The quantitative estimate of drug-likeness (QED) is 0.771. The van der Waals surface area contributed by atoms with Crippen LogP contribution in [0.25, 0.3) is 0 Å². The van der Waals surface area contributed by atoms with Gasteiger partial charge in [0.05, 0.1) is 0 Å². The van der Waals surface area contributed by atoms with E-state index in [4.69, 9.17) is 0 Å². The molecule has 0 radical (unpaired) electrons. The molecule has 3 heteroatoms. The average molecular weight is 179 g/mol. The summed E-state index contributed by atoms with van der Waals surface area (Å²) in [4.78, 5) is 0. The molecule has 0 aliphatic rings. The topological polar surface area (TPSA) is 37.8 Å². The summed E-state index contributed by atoms with van der Waals surface area (Å²) < 4.78 is 0. The van der Waals surface area contributed by atoms with Gasteiger partial charge in [-0.25, -0.2) is 0 Å². The van der Waals surface area contributed by atoms with E-state index >= 15 is 0 Å². The van der Waals surface area contributed by atoms with Crippen molar-refractivity contribution in [2.24, 2.45) is 0 Å². The smallest absolute Gasteiger partial charge is 0.149 e. The molecule has 0 amide bonds. The maximum absolute atomic E-state index is 4.00. The van der Waals surface area contributed by atoms with Crippen LogP contribution in [0.5, 0.6) is 0 Å². The highest BCUT2D eigenvalue weighted by atomic mass is 15.2. The lowest BCUT2D eigenvalue weighted by atomic mass is 9.96. The van der Waals surface area contributed by atoms with Crippen molar-refractivity contribution < 1.29 is 0 Å². The van der Waals surface area contributed by atoms with Gasteiger partial charge in [0.2, 0.25) is 0 Å². The van der Waals surface area contributed by atoms with Crippen LogP contribution in [0.1, 0.15) is 33.6 Å². The molecule has 1 aromatic rings. The number of aromatic nitrogens is 2. The maximum atomic E-state index is 4.00. The molecule has 0 aromatic carbocycles. The van der Waals surface area contributed by atoms with Crippen molar-refractivity contribution in [2.75, 3.05) is 5.32 Å². The molecule has 0 saturated carbocycles. The highest BCUT2D eigenvalue weighted by Crippen LogP contribution is 2.19. The van der Waals surface area contributed by atoms with Crippen LogP contribution >= 0.6 is 0 Å². The van der Waals surface area contributed by atoms with Gasteiger partial charge in [-0.1, -0.05) is 13.8 Å². The van der Waals surface area contributed by atoms with Crippen LogP contribution in [0.3, 0.4) is 0 Å². The first-order chi connectivity index (χ1) is 6.20. The predicted octanol–water partition coefficient (Wildman–Crippen LogP) is 2.47. The molecule has 0 aliphatic heterocycles. The monoisotopic (exact) mass is 179 g/mol. The number of hydrogen-bond donors (Lipinski definition) is 1. The van der Waals surface area contributed by atoms with Gasteiger partial charge >= 0.3 is 0 Å². The number of rotatable bonds is 4. The molecule has 0 spiro atoms. The third kappa shape index (κ3) is 2.68. The molecule has 1 rings (SSSR count).